The Morgan fingerprint density at radius 1 is 1.40 bits per heavy atom. The van der Waals surface area contributed by atoms with Crippen molar-refractivity contribution in [3.05, 3.63) is 34.9 Å². The van der Waals surface area contributed by atoms with Crippen molar-refractivity contribution in [2.24, 2.45) is 0 Å². The molecule has 2 aliphatic heterocycles. The molecule has 2 aliphatic rings. The summed E-state index contributed by atoms with van der Waals surface area (Å²) in [6.45, 7) is 2.66. The fraction of sp³-hybridized carbons (Fsp3) is 0.556. The first-order valence-corrected chi connectivity index (χ1v) is 9.04. The predicted molar refractivity (Wildman–Crippen MR) is 93.2 cm³/mol. The van der Waals surface area contributed by atoms with E-state index in [2.05, 4.69) is 5.32 Å². The largest absolute Gasteiger partial charge is 0.463 e. The first kappa shape index (κ1) is 18.2. The minimum absolute atomic E-state index is 0.00399. The van der Waals surface area contributed by atoms with Crippen LogP contribution in [0.5, 0.6) is 0 Å². The number of nitrogens with zero attached hydrogens (tertiary/aromatic N) is 1. The summed E-state index contributed by atoms with van der Waals surface area (Å²) in [6.07, 6.45) is 1.95. The van der Waals surface area contributed by atoms with Crippen LogP contribution in [-0.4, -0.2) is 55.2 Å². The van der Waals surface area contributed by atoms with Crippen molar-refractivity contribution >= 4 is 23.5 Å². The maximum Gasteiger partial charge on any atom is 0.308 e. The van der Waals surface area contributed by atoms with Gasteiger partial charge in [-0.15, -0.1) is 0 Å². The molecule has 1 aromatic carbocycles. The monoisotopic (exact) mass is 366 g/mol. The first-order chi connectivity index (χ1) is 12.1. The van der Waals surface area contributed by atoms with Gasteiger partial charge in [0.05, 0.1) is 18.6 Å². The van der Waals surface area contributed by atoms with Crippen LogP contribution in [0.2, 0.25) is 5.02 Å². The molecule has 2 saturated heterocycles. The van der Waals surface area contributed by atoms with Crippen LogP contribution in [0.15, 0.2) is 24.3 Å². The van der Waals surface area contributed by atoms with E-state index >= 15 is 0 Å². The Morgan fingerprint density at radius 3 is 3.00 bits per heavy atom. The molecule has 3 rings (SSSR count). The summed E-state index contributed by atoms with van der Waals surface area (Å²) in [6, 6.07) is 6.92. The number of ether oxygens (including phenoxy) is 2. The third-order valence-corrected chi connectivity index (χ3v) is 4.89. The molecule has 7 heteroatoms. The van der Waals surface area contributed by atoms with Gasteiger partial charge in [0.25, 0.3) is 0 Å². The molecule has 25 heavy (non-hydrogen) atoms. The lowest BCUT2D eigenvalue weighted by Crippen LogP contribution is -2.55. The van der Waals surface area contributed by atoms with Gasteiger partial charge in [-0.05, 0) is 24.5 Å². The molecule has 2 atom stereocenters. The van der Waals surface area contributed by atoms with E-state index in [1.54, 1.807) is 4.90 Å². The fourth-order valence-electron chi connectivity index (χ4n) is 3.13. The molecule has 0 bridgehead atoms. The molecule has 2 unspecified atom stereocenters. The van der Waals surface area contributed by atoms with Crippen LogP contribution < -0.4 is 5.32 Å². The Hall–Kier alpha value is -1.63. The molecule has 0 saturated carbocycles. The van der Waals surface area contributed by atoms with E-state index in [4.69, 9.17) is 21.1 Å². The molecule has 0 aliphatic carbocycles. The molecule has 0 radical (unpaired) electrons. The molecule has 1 amide bonds. The van der Waals surface area contributed by atoms with Crippen LogP contribution in [0.25, 0.3) is 0 Å². The summed E-state index contributed by atoms with van der Waals surface area (Å²) < 4.78 is 10.7. The maximum atomic E-state index is 12.6. The van der Waals surface area contributed by atoms with E-state index in [1.807, 2.05) is 24.3 Å². The number of halogens is 1. The highest BCUT2D eigenvalue weighted by Crippen LogP contribution is 2.19. The number of esters is 1. The molecule has 2 heterocycles. The molecule has 136 valence electrons. The van der Waals surface area contributed by atoms with E-state index in [0.717, 1.165) is 25.0 Å². The van der Waals surface area contributed by atoms with Crippen molar-refractivity contribution in [1.29, 1.82) is 0 Å². The second-order valence-electron chi connectivity index (χ2n) is 6.38. The van der Waals surface area contributed by atoms with Gasteiger partial charge in [-0.1, -0.05) is 29.8 Å². The van der Waals surface area contributed by atoms with Gasteiger partial charge in [0, 0.05) is 31.3 Å². The Morgan fingerprint density at radius 2 is 2.24 bits per heavy atom. The average molecular weight is 367 g/mol. The van der Waals surface area contributed by atoms with E-state index in [-0.39, 0.29) is 31.0 Å². The smallest absolute Gasteiger partial charge is 0.308 e. The van der Waals surface area contributed by atoms with E-state index in [0.29, 0.717) is 24.7 Å². The lowest BCUT2D eigenvalue weighted by atomic mass is 10.1. The molecular formula is C18H23ClN2O4. The lowest BCUT2D eigenvalue weighted by molar-refractivity contribution is -0.151. The third kappa shape index (κ3) is 4.93. The Labute approximate surface area is 152 Å². The van der Waals surface area contributed by atoms with Crippen molar-refractivity contribution in [3.63, 3.8) is 0 Å². The van der Waals surface area contributed by atoms with Crippen LogP contribution in [0.1, 0.15) is 24.8 Å². The maximum absolute atomic E-state index is 12.6. The highest BCUT2D eigenvalue weighted by atomic mass is 35.5. The standard InChI is InChI=1S/C18H23ClN2O4/c19-15-6-2-1-4-13(15)11-21-8-7-20-16(18(21)23)10-17(22)25-12-14-5-3-9-24-14/h1-2,4,6,14,16,20H,3,5,7-12H2. The van der Waals surface area contributed by atoms with Crippen LogP contribution in [-0.2, 0) is 25.6 Å². The number of carbonyl (C=O) groups is 2. The van der Waals surface area contributed by atoms with Crippen LogP contribution in [0, 0.1) is 0 Å². The number of hydrogen-bond donors (Lipinski definition) is 1. The van der Waals surface area contributed by atoms with Crippen LogP contribution >= 0.6 is 11.6 Å². The molecule has 1 aromatic rings. The van der Waals surface area contributed by atoms with Gasteiger partial charge in [0.1, 0.15) is 6.61 Å². The quantitative estimate of drug-likeness (QED) is 0.777. The van der Waals surface area contributed by atoms with Crippen LogP contribution in [0.3, 0.4) is 0 Å². The summed E-state index contributed by atoms with van der Waals surface area (Å²) in [5, 5.41) is 3.74. The van der Waals surface area contributed by atoms with E-state index < -0.39 is 6.04 Å². The second-order valence-corrected chi connectivity index (χ2v) is 6.79. The zero-order valence-corrected chi connectivity index (χ0v) is 14.8. The Kier molecular flexibility index (Phi) is 6.29. The molecule has 2 fully saturated rings. The van der Waals surface area contributed by atoms with Crippen molar-refractivity contribution in [1.82, 2.24) is 10.2 Å². The minimum atomic E-state index is -0.548. The number of piperazine rings is 1. The topological polar surface area (TPSA) is 67.9 Å². The number of amides is 1. The fourth-order valence-corrected chi connectivity index (χ4v) is 3.32. The zero-order chi connectivity index (χ0) is 17.6. The predicted octanol–water partition coefficient (Wildman–Crippen LogP) is 1.75. The molecule has 0 spiro atoms. The van der Waals surface area contributed by atoms with Crippen LogP contribution in [0.4, 0.5) is 0 Å². The number of benzene rings is 1. The summed E-state index contributed by atoms with van der Waals surface area (Å²) in [7, 11) is 0. The number of carbonyl (C=O) groups excluding carboxylic acids is 2. The SMILES string of the molecule is O=C(CC1NCCN(Cc2ccccc2Cl)C1=O)OCC1CCCO1. The Balaban J connectivity index is 1.51. The molecule has 1 N–H and O–H groups in total. The van der Waals surface area contributed by atoms with Crippen molar-refractivity contribution < 1.29 is 19.1 Å². The number of hydrogen-bond acceptors (Lipinski definition) is 5. The van der Waals surface area contributed by atoms with Gasteiger partial charge in [-0.2, -0.15) is 0 Å². The van der Waals surface area contributed by atoms with Gasteiger partial charge in [-0.25, -0.2) is 0 Å². The minimum Gasteiger partial charge on any atom is -0.463 e. The van der Waals surface area contributed by atoms with Gasteiger partial charge >= 0.3 is 5.97 Å². The normalized spacial score (nSPS) is 23.7. The molecular weight excluding hydrogens is 344 g/mol. The zero-order valence-electron chi connectivity index (χ0n) is 14.1. The summed E-state index contributed by atoms with van der Waals surface area (Å²) in [4.78, 5) is 26.4. The molecule has 6 nitrogen and oxygen atoms in total. The van der Waals surface area contributed by atoms with E-state index in [1.165, 1.54) is 0 Å². The van der Waals surface area contributed by atoms with Crippen molar-refractivity contribution in [2.75, 3.05) is 26.3 Å². The van der Waals surface area contributed by atoms with Crippen molar-refractivity contribution in [3.8, 4) is 0 Å². The lowest BCUT2D eigenvalue weighted by Gasteiger charge is -2.33. The number of rotatable bonds is 6. The first-order valence-electron chi connectivity index (χ1n) is 8.66. The average Bonchev–Trinajstić information content (AvgIpc) is 3.12. The number of nitrogens with one attached hydrogen (secondary N) is 1. The van der Waals surface area contributed by atoms with E-state index in [9.17, 15) is 9.59 Å². The summed E-state index contributed by atoms with van der Waals surface area (Å²) in [5.41, 5.74) is 0.902. The third-order valence-electron chi connectivity index (χ3n) is 4.53. The van der Waals surface area contributed by atoms with Gasteiger partial charge in [0.2, 0.25) is 5.91 Å². The summed E-state index contributed by atoms with van der Waals surface area (Å²) in [5.74, 6) is -0.471. The van der Waals surface area contributed by atoms with Gasteiger partial charge in [0.15, 0.2) is 0 Å². The Bertz CT molecular complexity index is 619. The second kappa shape index (κ2) is 8.65. The highest BCUT2D eigenvalue weighted by Gasteiger charge is 2.31. The highest BCUT2D eigenvalue weighted by molar-refractivity contribution is 6.31. The van der Waals surface area contributed by atoms with Gasteiger partial charge < -0.3 is 19.7 Å². The van der Waals surface area contributed by atoms with Gasteiger partial charge in [-0.3, -0.25) is 9.59 Å². The van der Waals surface area contributed by atoms with Crippen molar-refractivity contribution in [2.45, 2.75) is 38.0 Å². The summed E-state index contributed by atoms with van der Waals surface area (Å²) >= 11 is 6.18. The molecule has 0 aromatic heterocycles.